The molecule has 0 saturated heterocycles. The molecule has 0 amide bonds. The number of fused-ring (bicyclic) bond motifs is 2. The van der Waals surface area contributed by atoms with Crippen molar-refractivity contribution < 1.29 is 4.79 Å². The van der Waals surface area contributed by atoms with Crippen LogP contribution in [0.25, 0.3) is 16.9 Å². The fraction of sp³-hybridized carbons (Fsp3) is 0.240. The van der Waals surface area contributed by atoms with Crippen molar-refractivity contribution in [3.63, 3.8) is 0 Å². The second-order valence-corrected chi connectivity index (χ2v) is 8.14. The van der Waals surface area contributed by atoms with Crippen molar-refractivity contribution in [2.24, 2.45) is 0 Å². The molecule has 1 aliphatic rings. The fourth-order valence-corrected chi connectivity index (χ4v) is 4.42. The van der Waals surface area contributed by atoms with E-state index in [0.29, 0.717) is 40.8 Å². The van der Waals surface area contributed by atoms with Crippen LogP contribution in [-0.4, -0.2) is 30.6 Å². The molecule has 4 aromatic rings. The highest BCUT2D eigenvalue weighted by Gasteiger charge is 2.25. The van der Waals surface area contributed by atoms with E-state index in [4.69, 9.17) is 4.98 Å². The summed E-state index contributed by atoms with van der Waals surface area (Å²) in [7, 11) is 0. The van der Waals surface area contributed by atoms with Crippen molar-refractivity contribution in [2.45, 2.75) is 38.6 Å². The first-order valence-electron chi connectivity index (χ1n) is 11.0. The number of aromatic nitrogens is 5. The maximum atomic E-state index is 13.1. The minimum absolute atomic E-state index is 0.193. The number of rotatable bonds is 7. The van der Waals surface area contributed by atoms with Gasteiger partial charge in [0.2, 0.25) is 5.95 Å². The van der Waals surface area contributed by atoms with E-state index in [2.05, 4.69) is 34.9 Å². The first-order valence-corrected chi connectivity index (χ1v) is 11.0. The Kier molecular flexibility index (Phi) is 5.34. The average molecular weight is 441 g/mol. The Morgan fingerprint density at radius 2 is 2.00 bits per heavy atom. The Morgan fingerprint density at radius 1 is 1.18 bits per heavy atom. The molecule has 0 spiro atoms. The van der Waals surface area contributed by atoms with Crippen LogP contribution in [0.5, 0.6) is 0 Å². The number of aldehydes is 1. The number of benzene rings is 1. The van der Waals surface area contributed by atoms with Gasteiger partial charge in [-0.1, -0.05) is 19.1 Å². The Bertz CT molecular complexity index is 1420. The SMILES string of the molecule is C=CCn1c(=O)c2cnc(Nc3ccc(C=O)cc3)nc2n1-c1ccc2c(n1)C(CC)CC2. The van der Waals surface area contributed by atoms with Crippen LogP contribution in [0.2, 0.25) is 0 Å². The van der Waals surface area contributed by atoms with Crippen LogP contribution in [0.3, 0.4) is 0 Å². The quantitative estimate of drug-likeness (QED) is 0.343. The number of allylic oxidation sites excluding steroid dienone is 1. The Balaban J connectivity index is 1.64. The second-order valence-electron chi connectivity index (χ2n) is 8.14. The van der Waals surface area contributed by atoms with Gasteiger partial charge in [-0.2, -0.15) is 4.98 Å². The van der Waals surface area contributed by atoms with Gasteiger partial charge in [0, 0.05) is 29.1 Å². The molecule has 1 N–H and O–H groups in total. The number of pyridine rings is 1. The molecule has 1 aromatic carbocycles. The zero-order valence-electron chi connectivity index (χ0n) is 18.4. The maximum absolute atomic E-state index is 13.1. The van der Waals surface area contributed by atoms with E-state index in [1.54, 1.807) is 39.7 Å². The zero-order valence-corrected chi connectivity index (χ0v) is 18.4. The summed E-state index contributed by atoms with van der Waals surface area (Å²) in [5, 5.41) is 3.55. The van der Waals surface area contributed by atoms with Gasteiger partial charge < -0.3 is 5.32 Å². The summed E-state index contributed by atoms with van der Waals surface area (Å²) < 4.78 is 3.34. The third-order valence-electron chi connectivity index (χ3n) is 6.14. The lowest BCUT2D eigenvalue weighted by Crippen LogP contribution is -2.22. The standard InChI is InChI=1S/C25H24N6O2/c1-3-13-30-24(33)20-14-26-25(27-19-10-5-16(15-32)6-11-19)29-23(20)31(30)21-12-9-18-8-7-17(4-2)22(18)28-21/h3,5-6,9-12,14-15,17H,1,4,7-8,13H2,2H3,(H,26,27,29). The molecule has 0 saturated carbocycles. The van der Waals surface area contributed by atoms with E-state index < -0.39 is 0 Å². The smallest absolute Gasteiger partial charge is 0.278 e. The third kappa shape index (κ3) is 3.63. The van der Waals surface area contributed by atoms with Gasteiger partial charge in [-0.3, -0.25) is 9.59 Å². The molecule has 0 aliphatic heterocycles. The number of nitrogens with one attached hydrogen (secondary N) is 1. The van der Waals surface area contributed by atoms with E-state index in [1.807, 2.05) is 6.07 Å². The first kappa shape index (κ1) is 20.8. The van der Waals surface area contributed by atoms with E-state index >= 15 is 0 Å². The number of hydrogen-bond acceptors (Lipinski definition) is 6. The minimum Gasteiger partial charge on any atom is -0.324 e. The van der Waals surface area contributed by atoms with E-state index in [0.717, 1.165) is 36.9 Å². The van der Waals surface area contributed by atoms with Gasteiger partial charge in [0.05, 0.1) is 6.54 Å². The van der Waals surface area contributed by atoms with Gasteiger partial charge >= 0.3 is 0 Å². The normalized spacial score (nSPS) is 14.9. The number of carbonyl (C=O) groups is 1. The third-order valence-corrected chi connectivity index (χ3v) is 6.14. The number of nitrogens with zero attached hydrogens (tertiary/aromatic N) is 5. The summed E-state index contributed by atoms with van der Waals surface area (Å²) in [4.78, 5) is 38.0. The summed E-state index contributed by atoms with van der Waals surface area (Å²) in [6.45, 7) is 6.31. The van der Waals surface area contributed by atoms with Crippen LogP contribution >= 0.6 is 0 Å². The van der Waals surface area contributed by atoms with Gasteiger partial charge in [-0.15, -0.1) is 6.58 Å². The van der Waals surface area contributed by atoms with Crippen molar-refractivity contribution in [1.82, 2.24) is 24.3 Å². The van der Waals surface area contributed by atoms with Crippen molar-refractivity contribution in [3.05, 3.63) is 82.4 Å². The van der Waals surface area contributed by atoms with Gasteiger partial charge in [0.1, 0.15) is 11.7 Å². The Hall–Kier alpha value is -4.07. The highest BCUT2D eigenvalue weighted by Crippen LogP contribution is 2.34. The predicted octanol–water partition coefficient (Wildman–Crippen LogP) is 4.16. The largest absolute Gasteiger partial charge is 0.324 e. The molecule has 8 nitrogen and oxygen atoms in total. The van der Waals surface area contributed by atoms with E-state index in [9.17, 15) is 9.59 Å². The van der Waals surface area contributed by atoms with Crippen LogP contribution in [0.15, 0.2) is 60.0 Å². The molecule has 5 rings (SSSR count). The topological polar surface area (TPSA) is 94.7 Å². The van der Waals surface area contributed by atoms with E-state index in [1.165, 1.54) is 11.8 Å². The molecule has 3 aromatic heterocycles. The molecule has 0 radical (unpaired) electrons. The lowest BCUT2D eigenvalue weighted by atomic mass is 10.0. The molecular weight excluding hydrogens is 416 g/mol. The number of anilines is 2. The van der Waals surface area contributed by atoms with Gasteiger partial charge in [0.15, 0.2) is 11.5 Å². The second kappa shape index (κ2) is 8.46. The molecule has 3 heterocycles. The fourth-order valence-electron chi connectivity index (χ4n) is 4.42. The maximum Gasteiger partial charge on any atom is 0.278 e. The molecule has 8 heteroatoms. The van der Waals surface area contributed by atoms with Crippen molar-refractivity contribution in [2.75, 3.05) is 5.32 Å². The Morgan fingerprint density at radius 3 is 2.73 bits per heavy atom. The summed E-state index contributed by atoms with van der Waals surface area (Å²) >= 11 is 0. The Labute approximate surface area is 190 Å². The summed E-state index contributed by atoms with van der Waals surface area (Å²) in [6, 6.07) is 11.0. The molecule has 1 aliphatic carbocycles. The van der Waals surface area contributed by atoms with Gasteiger partial charge in [-0.25, -0.2) is 19.3 Å². The number of hydrogen-bond donors (Lipinski definition) is 1. The minimum atomic E-state index is -0.193. The lowest BCUT2D eigenvalue weighted by Gasteiger charge is -2.13. The van der Waals surface area contributed by atoms with Crippen molar-refractivity contribution >= 4 is 29.0 Å². The highest BCUT2D eigenvalue weighted by molar-refractivity contribution is 5.78. The van der Waals surface area contributed by atoms with Crippen LogP contribution < -0.4 is 10.9 Å². The predicted molar refractivity (Wildman–Crippen MR) is 128 cm³/mol. The van der Waals surface area contributed by atoms with Crippen molar-refractivity contribution in [1.29, 1.82) is 0 Å². The van der Waals surface area contributed by atoms with Crippen molar-refractivity contribution in [3.8, 4) is 5.82 Å². The zero-order chi connectivity index (χ0) is 22.9. The molecule has 0 fully saturated rings. The van der Waals surface area contributed by atoms with Crippen LogP contribution in [0.1, 0.15) is 47.3 Å². The molecule has 0 bridgehead atoms. The molecule has 1 atom stereocenters. The van der Waals surface area contributed by atoms with Crippen LogP contribution in [0, 0.1) is 0 Å². The highest BCUT2D eigenvalue weighted by atomic mass is 16.1. The summed E-state index contributed by atoms with van der Waals surface area (Å²) in [5.41, 5.74) is 3.98. The summed E-state index contributed by atoms with van der Waals surface area (Å²) in [5.74, 6) is 1.43. The number of aryl methyl sites for hydroxylation is 1. The molecule has 33 heavy (non-hydrogen) atoms. The molecular formula is C25H24N6O2. The molecule has 166 valence electrons. The number of carbonyl (C=O) groups excluding carboxylic acids is 1. The average Bonchev–Trinajstić information content (AvgIpc) is 3.37. The van der Waals surface area contributed by atoms with Crippen LogP contribution in [-0.2, 0) is 13.0 Å². The van der Waals surface area contributed by atoms with Crippen LogP contribution in [0.4, 0.5) is 11.6 Å². The first-order chi connectivity index (χ1) is 16.1. The van der Waals surface area contributed by atoms with E-state index in [-0.39, 0.29) is 5.56 Å². The monoisotopic (exact) mass is 440 g/mol. The molecule has 1 unspecified atom stereocenters. The van der Waals surface area contributed by atoms with Gasteiger partial charge in [0.25, 0.3) is 5.56 Å². The summed E-state index contributed by atoms with van der Waals surface area (Å²) in [6.07, 6.45) is 7.18. The van der Waals surface area contributed by atoms with Gasteiger partial charge in [-0.05, 0) is 55.2 Å². The lowest BCUT2D eigenvalue weighted by molar-refractivity contribution is 0.112.